The Labute approximate surface area is 273 Å². The maximum absolute atomic E-state index is 13.9. The van der Waals surface area contributed by atoms with Crippen LogP contribution >= 0.6 is 0 Å². The Morgan fingerprint density at radius 2 is 1.70 bits per heavy atom. The second-order valence-electron chi connectivity index (χ2n) is 13.6. The number of likely N-dealkylation sites (tertiary alicyclic amines) is 1. The van der Waals surface area contributed by atoms with Crippen molar-refractivity contribution in [3.05, 3.63) is 78.4 Å². The van der Waals surface area contributed by atoms with Crippen LogP contribution in [0.4, 0.5) is 15.3 Å². The van der Waals surface area contributed by atoms with Gasteiger partial charge >= 0.3 is 18.0 Å². The molecular formula is C34H42N6O7. The molecule has 1 aliphatic heterocycles. The highest BCUT2D eigenvalue weighted by Crippen LogP contribution is 2.45. The number of aliphatic hydroxyl groups excluding tert-OH is 1. The van der Waals surface area contributed by atoms with Gasteiger partial charge in [-0.3, -0.25) is 9.59 Å². The van der Waals surface area contributed by atoms with Crippen LogP contribution in [0.25, 0.3) is 0 Å². The molecule has 0 aromatic heterocycles. The van der Waals surface area contributed by atoms with E-state index in [-0.39, 0.29) is 19.4 Å². The molecule has 250 valence electrons. The average molecular weight is 647 g/mol. The fourth-order valence-electron chi connectivity index (χ4n) is 6.47. The van der Waals surface area contributed by atoms with Gasteiger partial charge in [0, 0.05) is 24.6 Å². The van der Waals surface area contributed by atoms with E-state index in [1.165, 1.54) is 11.0 Å². The number of nitrogens with zero attached hydrogens (tertiary/aromatic N) is 1. The van der Waals surface area contributed by atoms with Crippen LogP contribution in [0.2, 0.25) is 0 Å². The van der Waals surface area contributed by atoms with Crippen molar-refractivity contribution < 1.29 is 34.2 Å². The molecule has 7 N–H and O–H groups in total. The predicted octanol–water partition coefficient (Wildman–Crippen LogP) is 2.30. The van der Waals surface area contributed by atoms with Crippen molar-refractivity contribution in [2.45, 2.75) is 75.8 Å². The molecule has 47 heavy (non-hydrogen) atoms. The van der Waals surface area contributed by atoms with E-state index in [1.807, 2.05) is 24.3 Å². The van der Waals surface area contributed by atoms with Crippen LogP contribution in [0.3, 0.4) is 0 Å². The average Bonchev–Trinajstić information content (AvgIpc) is 3.43. The SMILES string of the molecule is C=CC1C[C@]1(NC(=O)[C@@H]1C[C@@H](NC(=O)Nc2ccccc2)CN1C(=O)N[C@H](C(=O)NC1c2ccccc2C[C@H]1O)C(C)(C)C)C(=O)O. The Kier molecular flexibility index (Phi) is 9.30. The number of hydrogen-bond donors (Lipinski definition) is 7. The highest BCUT2D eigenvalue weighted by molar-refractivity contribution is 5.96. The summed E-state index contributed by atoms with van der Waals surface area (Å²) in [4.78, 5) is 67.4. The summed E-state index contributed by atoms with van der Waals surface area (Å²) in [5.74, 6) is -2.88. The zero-order valence-corrected chi connectivity index (χ0v) is 26.7. The lowest BCUT2D eigenvalue weighted by Crippen LogP contribution is -2.60. The first-order valence-electron chi connectivity index (χ1n) is 15.7. The van der Waals surface area contributed by atoms with Crippen molar-refractivity contribution >= 4 is 35.5 Å². The standard InChI is InChI=1S/C34H42N6O7/c1-5-20-17-34(20,30(44)45)39-28(42)24-16-22(36-31(46)35-21-12-7-6-8-13-21)18-40(24)32(47)38-27(33(2,3)4)29(43)37-26-23-14-10-9-11-19(23)15-25(26)41/h5-14,20,22,24-27,41H,1,15-18H2,2-4H3,(H,37,43)(H,38,47)(H,39,42)(H,44,45)(H2,35,36,46)/t20?,22-,24+,25-,26?,27-,34-/m1/s1. The Morgan fingerprint density at radius 3 is 2.34 bits per heavy atom. The summed E-state index contributed by atoms with van der Waals surface area (Å²) >= 11 is 0. The number of hydrogen-bond acceptors (Lipinski definition) is 6. The Morgan fingerprint density at radius 1 is 1.02 bits per heavy atom. The number of para-hydroxylation sites is 1. The molecule has 1 saturated heterocycles. The summed E-state index contributed by atoms with van der Waals surface area (Å²) < 4.78 is 0. The molecule has 1 heterocycles. The second-order valence-corrected chi connectivity index (χ2v) is 13.6. The molecule has 0 bridgehead atoms. The number of urea groups is 2. The van der Waals surface area contributed by atoms with E-state index >= 15 is 0 Å². The van der Waals surface area contributed by atoms with Crippen LogP contribution in [0, 0.1) is 11.3 Å². The van der Waals surface area contributed by atoms with Crippen LogP contribution < -0.4 is 26.6 Å². The maximum atomic E-state index is 13.9. The summed E-state index contributed by atoms with van der Waals surface area (Å²) in [5, 5.41) is 34.4. The van der Waals surface area contributed by atoms with E-state index in [0.29, 0.717) is 12.1 Å². The summed E-state index contributed by atoms with van der Waals surface area (Å²) in [5.41, 5.74) is -0.0313. The molecule has 2 aromatic rings. The van der Waals surface area contributed by atoms with E-state index in [1.54, 1.807) is 51.1 Å². The number of benzene rings is 2. The quantitative estimate of drug-likeness (QED) is 0.204. The number of carboxylic acid groups (broad SMARTS) is 1. The molecule has 2 aromatic carbocycles. The third kappa shape index (κ3) is 7.09. The summed E-state index contributed by atoms with van der Waals surface area (Å²) in [6.45, 7) is 8.92. The van der Waals surface area contributed by atoms with Gasteiger partial charge in [0.05, 0.1) is 18.2 Å². The maximum Gasteiger partial charge on any atom is 0.330 e. The lowest BCUT2D eigenvalue weighted by Gasteiger charge is -2.34. The lowest BCUT2D eigenvalue weighted by atomic mass is 9.86. The van der Waals surface area contributed by atoms with Crippen molar-refractivity contribution in [1.82, 2.24) is 26.2 Å². The number of carboxylic acids is 1. The molecule has 13 nitrogen and oxygen atoms in total. The first-order chi connectivity index (χ1) is 22.2. The Hall–Kier alpha value is -4.91. The van der Waals surface area contributed by atoms with Gasteiger partial charge in [-0.15, -0.1) is 6.58 Å². The Balaban J connectivity index is 1.33. The molecule has 0 spiro atoms. The number of carbonyl (C=O) groups excluding carboxylic acids is 4. The van der Waals surface area contributed by atoms with E-state index in [2.05, 4.69) is 33.2 Å². The van der Waals surface area contributed by atoms with Crippen molar-refractivity contribution in [2.75, 3.05) is 11.9 Å². The van der Waals surface area contributed by atoms with E-state index < -0.39 is 77.0 Å². The fourth-order valence-corrected chi connectivity index (χ4v) is 6.47. The van der Waals surface area contributed by atoms with E-state index in [0.717, 1.165) is 11.1 Å². The number of nitrogens with one attached hydrogen (secondary N) is 5. The highest BCUT2D eigenvalue weighted by atomic mass is 16.4. The fraction of sp³-hybridized carbons (Fsp3) is 0.441. The number of anilines is 1. The number of rotatable bonds is 9. The van der Waals surface area contributed by atoms with Gasteiger partial charge in [-0.2, -0.15) is 0 Å². The molecule has 3 aliphatic rings. The minimum atomic E-state index is -1.52. The highest BCUT2D eigenvalue weighted by Gasteiger charge is 2.61. The number of amides is 6. The largest absolute Gasteiger partial charge is 0.479 e. The van der Waals surface area contributed by atoms with Crippen molar-refractivity contribution in [3.8, 4) is 0 Å². The predicted molar refractivity (Wildman–Crippen MR) is 173 cm³/mol. The molecule has 13 heteroatoms. The van der Waals surface area contributed by atoms with Gasteiger partial charge in [0.1, 0.15) is 17.6 Å². The minimum absolute atomic E-state index is 0.00729. The van der Waals surface area contributed by atoms with Gasteiger partial charge < -0.3 is 41.7 Å². The number of aliphatic carboxylic acids is 1. The number of aliphatic hydroxyl groups is 1. The molecule has 2 unspecified atom stereocenters. The normalized spacial score (nSPS) is 26.7. The topological polar surface area (TPSA) is 189 Å². The van der Waals surface area contributed by atoms with Crippen LogP contribution in [-0.4, -0.2) is 81.3 Å². The first-order valence-corrected chi connectivity index (χ1v) is 15.7. The van der Waals surface area contributed by atoms with Crippen LogP contribution in [-0.2, 0) is 20.8 Å². The molecule has 6 amide bonds. The monoisotopic (exact) mass is 646 g/mol. The zero-order chi connectivity index (χ0) is 34.1. The lowest BCUT2D eigenvalue weighted by molar-refractivity contribution is -0.144. The molecule has 0 radical (unpaired) electrons. The smallest absolute Gasteiger partial charge is 0.330 e. The molecule has 1 saturated carbocycles. The molecule has 7 atom stereocenters. The summed E-state index contributed by atoms with van der Waals surface area (Å²) in [6, 6.07) is 11.4. The van der Waals surface area contributed by atoms with E-state index in [4.69, 9.17) is 0 Å². The molecule has 2 aliphatic carbocycles. The van der Waals surface area contributed by atoms with Crippen LogP contribution in [0.15, 0.2) is 67.3 Å². The zero-order valence-electron chi connectivity index (χ0n) is 26.7. The number of carbonyl (C=O) groups is 5. The van der Waals surface area contributed by atoms with Crippen LogP contribution in [0.5, 0.6) is 0 Å². The van der Waals surface area contributed by atoms with Crippen molar-refractivity contribution in [1.29, 1.82) is 0 Å². The van der Waals surface area contributed by atoms with Gasteiger partial charge in [-0.25, -0.2) is 14.4 Å². The van der Waals surface area contributed by atoms with Gasteiger partial charge in [-0.05, 0) is 41.5 Å². The van der Waals surface area contributed by atoms with Gasteiger partial charge in [0.15, 0.2) is 0 Å². The first kappa shape index (κ1) is 33.5. The van der Waals surface area contributed by atoms with Crippen LogP contribution in [0.1, 0.15) is 50.8 Å². The summed E-state index contributed by atoms with van der Waals surface area (Å²) in [7, 11) is 0. The second kappa shape index (κ2) is 13.1. The third-order valence-corrected chi connectivity index (χ3v) is 9.16. The molecular weight excluding hydrogens is 604 g/mol. The molecule has 5 rings (SSSR count). The Bertz CT molecular complexity index is 1560. The van der Waals surface area contributed by atoms with Crippen molar-refractivity contribution in [3.63, 3.8) is 0 Å². The third-order valence-electron chi connectivity index (χ3n) is 9.16. The van der Waals surface area contributed by atoms with Crippen molar-refractivity contribution in [2.24, 2.45) is 11.3 Å². The van der Waals surface area contributed by atoms with Gasteiger partial charge in [0.25, 0.3) is 0 Å². The number of fused-ring (bicyclic) bond motifs is 1. The van der Waals surface area contributed by atoms with Gasteiger partial charge in [-0.1, -0.05) is 69.3 Å². The summed E-state index contributed by atoms with van der Waals surface area (Å²) in [6.07, 6.45) is 1.19. The van der Waals surface area contributed by atoms with E-state index in [9.17, 15) is 34.2 Å². The minimum Gasteiger partial charge on any atom is -0.479 e. The van der Waals surface area contributed by atoms with Gasteiger partial charge in [0.2, 0.25) is 11.8 Å². The molecule has 2 fully saturated rings.